The van der Waals surface area contributed by atoms with Crippen molar-refractivity contribution in [1.29, 1.82) is 0 Å². The molecule has 5 heteroatoms. The normalized spacial score (nSPS) is 15.3. The first-order chi connectivity index (χ1) is 11.3. The largest absolute Gasteiger partial charge is 0.497 e. The highest BCUT2D eigenvalue weighted by molar-refractivity contribution is 7.91. The van der Waals surface area contributed by atoms with Gasteiger partial charge in [-0.2, -0.15) is 0 Å². The van der Waals surface area contributed by atoms with Gasteiger partial charge in [-0.05, 0) is 29.8 Å². The minimum atomic E-state index is -3.55. The standard InChI is InChI=1S/C19H22O4S/c1-4-19(2,14-24(21,22)17-8-6-5-7-9-17)18(20)15-10-12-16(23-3)13-11-15/h4-13,18,20H,1,14H2,2-3H3/t18-,19-/m0/s1. The lowest BCUT2D eigenvalue weighted by Crippen LogP contribution is -2.31. The quantitative estimate of drug-likeness (QED) is 0.781. The summed E-state index contributed by atoms with van der Waals surface area (Å²) in [7, 11) is -1.99. The second kappa shape index (κ2) is 7.20. The maximum atomic E-state index is 12.7. The van der Waals surface area contributed by atoms with Crippen molar-refractivity contribution in [3.63, 3.8) is 0 Å². The summed E-state index contributed by atoms with van der Waals surface area (Å²) in [5, 5.41) is 10.7. The molecule has 0 spiro atoms. The second-order valence-corrected chi connectivity index (χ2v) is 7.95. The summed E-state index contributed by atoms with van der Waals surface area (Å²) in [6, 6.07) is 15.1. The van der Waals surface area contributed by atoms with Crippen molar-refractivity contribution in [2.75, 3.05) is 12.9 Å². The second-order valence-electron chi connectivity index (χ2n) is 5.96. The number of hydrogen-bond acceptors (Lipinski definition) is 4. The highest BCUT2D eigenvalue weighted by atomic mass is 32.2. The van der Waals surface area contributed by atoms with Crippen LogP contribution in [0.3, 0.4) is 0 Å². The number of aliphatic hydroxyl groups excluding tert-OH is 1. The van der Waals surface area contributed by atoms with Gasteiger partial charge >= 0.3 is 0 Å². The fourth-order valence-corrected chi connectivity index (χ4v) is 4.37. The summed E-state index contributed by atoms with van der Waals surface area (Å²) in [5.74, 6) is 0.434. The number of sulfone groups is 1. The minimum Gasteiger partial charge on any atom is -0.497 e. The van der Waals surface area contributed by atoms with Gasteiger partial charge in [0.05, 0.1) is 23.9 Å². The molecule has 1 N–H and O–H groups in total. The first-order valence-electron chi connectivity index (χ1n) is 7.56. The average Bonchev–Trinajstić information content (AvgIpc) is 2.61. The Hall–Kier alpha value is -2.11. The van der Waals surface area contributed by atoms with E-state index in [0.29, 0.717) is 11.3 Å². The lowest BCUT2D eigenvalue weighted by molar-refractivity contribution is 0.0840. The van der Waals surface area contributed by atoms with Crippen LogP contribution in [0.25, 0.3) is 0 Å². The number of methoxy groups -OCH3 is 1. The zero-order chi connectivity index (χ0) is 17.8. The van der Waals surface area contributed by atoms with Crippen molar-refractivity contribution in [3.05, 3.63) is 72.8 Å². The van der Waals surface area contributed by atoms with Crippen LogP contribution >= 0.6 is 0 Å². The van der Waals surface area contributed by atoms with E-state index in [4.69, 9.17) is 4.74 Å². The van der Waals surface area contributed by atoms with E-state index in [-0.39, 0.29) is 10.6 Å². The third kappa shape index (κ3) is 3.86. The molecule has 0 saturated carbocycles. The number of rotatable bonds is 7. The molecule has 0 fully saturated rings. The topological polar surface area (TPSA) is 63.6 Å². The first-order valence-corrected chi connectivity index (χ1v) is 9.21. The van der Waals surface area contributed by atoms with Crippen molar-refractivity contribution >= 4 is 9.84 Å². The van der Waals surface area contributed by atoms with Gasteiger partial charge < -0.3 is 9.84 Å². The van der Waals surface area contributed by atoms with Gasteiger partial charge in [0.15, 0.2) is 9.84 Å². The molecule has 0 heterocycles. The van der Waals surface area contributed by atoms with Gasteiger partial charge in [-0.15, -0.1) is 6.58 Å². The number of benzene rings is 2. The molecule has 2 rings (SSSR count). The summed E-state index contributed by atoms with van der Waals surface area (Å²) in [6.07, 6.45) is 0.502. The van der Waals surface area contributed by atoms with E-state index in [1.54, 1.807) is 68.6 Å². The van der Waals surface area contributed by atoms with Crippen molar-refractivity contribution < 1.29 is 18.3 Å². The third-order valence-corrected chi connectivity index (χ3v) is 6.12. The Morgan fingerprint density at radius 2 is 1.75 bits per heavy atom. The van der Waals surface area contributed by atoms with Gasteiger partial charge in [0.1, 0.15) is 5.75 Å². The Bertz CT molecular complexity index is 782. The van der Waals surface area contributed by atoms with E-state index in [2.05, 4.69) is 6.58 Å². The lowest BCUT2D eigenvalue weighted by atomic mass is 9.82. The zero-order valence-corrected chi connectivity index (χ0v) is 14.7. The van der Waals surface area contributed by atoms with Crippen LogP contribution in [0.2, 0.25) is 0 Å². The van der Waals surface area contributed by atoms with Crippen molar-refractivity contribution in [2.45, 2.75) is 17.9 Å². The van der Waals surface area contributed by atoms with Crippen LogP contribution in [0.15, 0.2) is 72.1 Å². The van der Waals surface area contributed by atoms with Gasteiger partial charge in [0.2, 0.25) is 0 Å². The average molecular weight is 346 g/mol. The smallest absolute Gasteiger partial charge is 0.179 e. The molecule has 0 amide bonds. The van der Waals surface area contributed by atoms with Crippen LogP contribution in [0.4, 0.5) is 0 Å². The summed E-state index contributed by atoms with van der Waals surface area (Å²) in [5.41, 5.74) is -0.412. The van der Waals surface area contributed by atoms with Gasteiger partial charge in [0, 0.05) is 5.41 Å². The molecule has 2 aromatic rings. The highest BCUT2D eigenvalue weighted by Gasteiger charge is 2.36. The molecular weight excluding hydrogens is 324 g/mol. The fraction of sp³-hybridized carbons (Fsp3) is 0.263. The molecule has 0 aliphatic carbocycles. The maximum Gasteiger partial charge on any atom is 0.179 e. The molecule has 24 heavy (non-hydrogen) atoms. The Kier molecular flexibility index (Phi) is 5.47. The van der Waals surface area contributed by atoms with Crippen LogP contribution in [-0.4, -0.2) is 26.4 Å². The summed E-state index contributed by atoms with van der Waals surface area (Å²) >= 11 is 0. The lowest BCUT2D eigenvalue weighted by Gasteiger charge is -2.31. The molecule has 2 atom stereocenters. The van der Waals surface area contributed by atoms with E-state index in [1.165, 1.54) is 6.08 Å². The van der Waals surface area contributed by atoms with Crippen LogP contribution in [0.1, 0.15) is 18.6 Å². The molecule has 0 aromatic heterocycles. The summed E-state index contributed by atoms with van der Waals surface area (Å²) in [6.45, 7) is 5.43. The number of hydrogen-bond donors (Lipinski definition) is 1. The van der Waals surface area contributed by atoms with E-state index in [0.717, 1.165) is 0 Å². The predicted molar refractivity (Wildman–Crippen MR) is 94.8 cm³/mol. The van der Waals surface area contributed by atoms with Gasteiger partial charge in [0.25, 0.3) is 0 Å². The highest BCUT2D eigenvalue weighted by Crippen LogP contribution is 2.38. The Morgan fingerprint density at radius 3 is 2.25 bits per heavy atom. The zero-order valence-electron chi connectivity index (χ0n) is 13.8. The molecular formula is C19H22O4S. The molecule has 0 aliphatic heterocycles. The Balaban J connectivity index is 2.31. The van der Waals surface area contributed by atoms with Gasteiger partial charge in [-0.25, -0.2) is 8.42 Å². The molecule has 2 aromatic carbocycles. The summed E-state index contributed by atoms with van der Waals surface area (Å²) < 4.78 is 30.4. The molecule has 0 bridgehead atoms. The number of aliphatic hydroxyl groups is 1. The van der Waals surface area contributed by atoms with Crippen molar-refractivity contribution in [3.8, 4) is 5.75 Å². The SMILES string of the molecule is C=C[C@@](C)(CS(=O)(=O)c1ccccc1)[C@@H](O)c1ccc(OC)cc1. The van der Waals surface area contributed by atoms with Crippen LogP contribution in [-0.2, 0) is 9.84 Å². The Labute approximate surface area is 143 Å². The molecule has 0 aliphatic rings. The van der Waals surface area contributed by atoms with Gasteiger partial charge in [-0.3, -0.25) is 0 Å². The maximum absolute atomic E-state index is 12.7. The van der Waals surface area contributed by atoms with E-state index in [9.17, 15) is 13.5 Å². The van der Waals surface area contributed by atoms with E-state index in [1.807, 2.05) is 0 Å². The molecule has 0 unspecified atom stereocenters. The molecule has 128 valence electrons. The molecule has 4 nitrogen and oxygen atoms in total. The van der Waals surface area contributed by atoms with Crippen LogP contribution in [0.5, 0.6) is 5.75 Å². The molecule has 0 radical (unpaired) electrons. The monoisotopic (exact) mass is 346 g/mol. The van der Waals surface area contributed by atoms with Crippen LogP contribution < -0.4 is 4.74 Å². The van der Waals surface area contributed by atoms with Crippen LogP contribution in [0, 0.1) is 5.41 Å². The minimum absolute atomic E-state index is 0.235. The van der Waals surface area contributed by atoms with Gasteiger partial charge in [-0.1, -0.05) is 43.3 Å². The Morgan fingerprint density at radius 1 is 1.17 bits per heavy atom. The fourth-order valence-electron chi connectivity index (χ4n) is 2.54. The third-order valence-electron chi connectivity index (χ3n) is 4.13. The van der Waals surface area contributed by atoms with E-state index >= 15 is 0 Å². The predicted octanol–water partition coefficient (Wildman–Crippen LogP) is 3.39. The van der Waals surface area contributed by atoms with E-state index < -0.39 is 21.4 Å². The van der Waals surface area contributed by atoms with Crippen molar-refractivity contribution in [2.24, 2.45) is 5.41 Å². The summed E-state index contributed by atoms with van der Waals surface area (Å²) in [4.78, 5) is 0.236. The first kappa shape index (κ1) is 18.2. The molecule has 0 saturated heterocycles. The van der Waals surface area contributed by atoms with Crippen molar-refractivity contribution in [1.82, 2.24) is 0 Å². The number of ether oxygens (including phenoxy) is 1.